The average molecular weight is 771 g/mol. The van der Waals surface area contributed by atoms with Gasteiger partial charge in [-0.25, -0.2) is 24.0 Å². The second-order valence-electron chi connectivity index (χ2n) is 14.0. The highest BCUT2D eigenvalue weighted by Gasteiger charge is 2.54. The summed E-state index contributed by atoms with van der Waals surface area (Å²) < 4.78 is 36.1. The third-order valence-electron chi connectivity index (χ3n) is 9.36. The smallest absolute Gasteiger partial charge is 0.340 e. The molecule has 1 fully saturated rings. The zero-order valence-corrected chi connectivity index (χ0v) is 32.1. The molecule has 5 aromatic carbocycles. The summed E-state index contributed by atoms with van der Waals surface area (Å²) in [7, 11) is 0. The van der Waals surface area contributed by atoms with Crippen LogP contribution in [0.3, 0.4) is 0 Å². The molecule has 1 aliphatic heterocycles. The van der Waals surface area contributed by atoms with E-state index in [1.165, 1.54) is 0 Å². The summed E-state index contributed by atoms with van der Waals surface area (Å²) in [6.07, 6.45) is -8.14. The van der Waals surface area contributed by atoms with Crippen molar-refractivity contribution in [3.63, 3.8) is 0 Å². The Balaban J connectivity index is 1.43. The van der Waals surface area contributed by atoms with E-state index in [4.69, 9.17) is 28.4 Å². The Morgan fingerprint density at radius 2 is 0.667 bits per heavy atom. The van der Waals surface area contributed by atoms with Gasteiger partial charge in [-0.15, -0.1) is 0 Å². The summed E-state index contributed by atoms with van der Waals surface area (Å²) in [5, 5.41) is 0. The quantitative estimate of drug-likeness (QED) is 0.0967. The van der Waals surface area contributed by atoms with Gasteiger partial charge in [-0.05, 0) is 95.3 Å². The van der Waals surface area contributed by atoms with Gasteiger partial charge >= 0.3 is 29.8 Å². The van der Waals surface area contributed by atoms with Gasteiger partial charge in [-0.3, -0.25) is 0 Å². The second kappa shape index (κ2) is 17.9. The van der Waals surface area contributed by atoms with Crippen LogP contribution in [-0.4, -0.2) is 67.2 Å². The molecule has 57 heavy (non-hydrogen) atoms. The average Bonchev–Trinajstić information content (AvgIpc) is 3.20. The molecule has 0 amide bonds. The van der Waals surface area contributed by atoms with Crippen LogP contribution < -0.4 is 0 Å². The van der Waals surface area contributed by atoms with Crippen LogP contribution in [0.4, 0.5) is 0 Å². The molecule has 1 aliphatic rings. The van der Waals surface area contributed by atoms with Crippen molar-refractivity contribution in [2.45, 2.75) is 65.3 Å². The molecule has 1 heterocycles. The Labute approximate surface area is 330 Å². The molecule has 5 aromatic rings. The summed E-state index contributed by atoms with van der Waals surface area (Å²) in [6, 6.07) is 32.8. The summed E-state index contributed by atoms with van der Waals surface area (Å²) in [6.45, 7) is 8.72. The maximum atomic E-state index is 13.9. The van der Waals surface area contributed by atoms with Gasteiger partial charge in [0.1, 0.15) is 12.7 Å². The van der Waals surface area contributed by atoms with Gasteiger partial charge in [0, 0.05) is 0 Å². The van der Waals surface area contributed by atoms with Crippen LogP contribution in [0.5, 0.6) is 0 Å². The van der Waals surface area contributed by atoms with Crippen LogP contribution in [0.1, 0.15) is 79.6 Å². The Morgan fingerprint density at radius 1 is 0.386 bits per heavy atom. The van der Waals surface area contributed by atoms with Gasteiger partial charge in [0.15, 0.2) is 12.2 Å². The largest absolute Gasteiger partial charge is 0.459 e. The lowest BCUT2D eigenvalue weighted by molar-refractivity contribution is -0.282. The highest BCUT2D eigenvalue weighted by Crippen LogP contribution is 2.32. The number of ether oxygens (including phenoxy) is 6. The fourth-order valence-electron chi connectivity index (χ4n) is 5.95. The van der Waals surface area contributed by atoms with E-state index in [1.807, 2.05) is 34.6 Å². The minimum absolute atomic E-state index is 0.134. The van der Waals surface area contributed by atoms with Crippen LogP contribution >= 0.6 is 0 Å². The first-order valence-corrected chi connectivity index (χ1v) is 18.3. The summed E-state index contributed by atoms with van der Waals surface area (Å²) in [5.74, 6) is -4.16. The molecule has 0 spiro atoms. The fraction of sp³-hybridized carbons (Fsp3) is 0.239. The van der Waals surface area contributed by atoms with Crippen LogP contribution in [0.25, 0.3) is 0 Å². The van der Waals surface area contributed by atoms with Gasteiger partial charge in [-0.1, -0.05) is 88.5 Å². The lowest BCUT2D eigenvalue weighted by Crippen LogP contribution is -2.63. The monoisotopic (exact) mass is 770 g/mol. The van der Waals surface area contributed by atoms with E-state index in [0.29, 0.717) is 0 Å². The lowest BCUT2D eigenvalue weighted by Gasteiger charge is -2.43. The molecule has 0 bridgehead atoms. The summed E-state index contributed by atoms with van der Waals surface area (Å²) >= 11 is 0. The topological polar surface area (TPSA) is 141 Å². The Hall–Kier alpha value is -6.59. The van der Waals surface area contributed by atoms with E-state index in [1.54, 1.807) is 121 Å². The molecule has 0 N–H and O–H groups in total. The first-order chi connectivity index (χ1) is 27.3. The summed E-state index contributed by atoms with van der Waals surface area (Å²) in [5.41, 5.74) is 5.27. The predicted molar refractivity (Wildman–Crippen MR) is 208 cm³/mol. The fourth-order valence-corrected chi connectivity index (χ4v) is 5.95. The molecule has 0 saturated carbocycles. The van der Waals surface area contributed by atoms with E-state index >= 15 is 0 Å². The molecular weight excluding hydrogens is 728 g/mol. The van der Waals surface area contributed by atoms with Crippen molar-refractivity contribution in [3.8, 4) is 0 Å². The van der Waals surface area contributed by atoms with E-state index in [9.17, 15) is 24.0 Å². The second-order valence-corrected chi connectivity index (χ2v) is 14.0. The third kappa shape index (κ3) is 10.2. The van der Waals surface area contributed by atoms with Gasteiger partial charge < -0.3 is 28.4 Å². The third-order valence-corrected chi connectivity index (χ3v) is 9.36. The van der Waals surface area contributed by atoms with E-state index in [0.717, 1.165) is 27.8 Å². The number of esters is 5. The SMILES string of the molecule is Cc1ccc(C(=O)OC[C@@H]2O[C@H](OC(=O)c3ccc(C)cc3)[C@@H](OC(=O)c3ccc(C)cc3)[C@H](OC(=O)c3ccc(C)cc3)[C@H]2OC(=O)c2ccc(C)cc2)cc1. The number of hydrogen-bond acceptors (Lipinski definition) is 11. The predicted octanol–water partition coefficient (Wildman–Crippen LogP) is 7.64. The molecule has 0 aliphatic carbocycles. The van der Waals surface area contributed by atoms with E-state index < -0.39 is 67.2 Å². The number of carbonyl (C=O) groups excluding carboxylic acids is 5. The van der Waals surface area contributed by atoms with Crippen molar-refractivity contribution in [1.29, 1.82) is 0 Å². The molecule has 5 atom stereocenters. The van der Waals surface area contributed by atoms with Crippen molar-refractivity contribution in [1.82, 2.24) is 0 Å². The standard InChI is InChI=1S/C46H42O11/c1-27-6-16-32(17-7-27)41(47)52-26-37-38(54-42(48)33-18-8-28(2)9-19-33)39(55-43(49)34-20-10-29(3)11-21-34)40(56-44(50)35-22-12-30(4)13-23-35)46(53-37)57-45(51)36-24-14-31(5)15-25-36/h6-25,37-40,46H,26H2,1-5H3/t37-,38-,39+,40-,46+/m0/s1. The molecule has 1 saturated heterocycles. The first-order valence-electron chi connectivity index (χ1n) is 18.3. The van der Waals surface area contributed by atoms with Gasteiger partial charge in [-0.2, -0.15) is 0 Å². The zero-order chi connectivity index (χ0) is 40.6. The highest BCUT2D eigenvalue weighted by atomic mass is 16.7. The molecule has 0 aromatic heterocycles. The Bertz CT molecular complexity index is 2210. The number of hydrogen-bond donors (Lipinski definition) is 0. The summed E-state index contributed by atoms with van der Waals surface area (Å²) in [4.78, 5) is 68.6. The molecule has 292 valence electrons. The van der Waals surface area contributed by atoms with Gasteiger partial charge in [0.2, 0.25) is 12.4 Å². The first kappa shape index (κ1) is 40.1. The molecule has 6 rings (SSSR count). The molecule has 0 unspecified atom stereocenters. The maximum Gasteiger partial charge on any atom is 0.340 e. The van der Waals surface area contributed by atoms with Crippen LogP contribution in [0, 0.1) is 34.6 Å². The number of aryl methyl sites for hydroxylation is 5. The van der Waals surface area contributed by atoms with Crippen molar-refractivity contribution >= 4 is 29.8 Å². The van der Waals surface area contributed by atoms with Gasteiger partial charge in [0.25, 0.3) is 0 Å². The molecule has 11 nitrogen and oxygen atoms in total. The molecule has 0 radical (unpaired) electrons. The normalized spacial score (nSPS) is 18.8. The van der Waals surface area contributed by atoms with Crippen molar-refractivity contribution in [2.24, 2.45) is 0 Å². The number of benzene rings is 5. The molecular formula is C46H42O11. The molecule has 11 heteroatoms. The van der Waals surface area contributed by atoms with Crippen LogP contribution in [0.2, 0.25) is 0 Å². The van der Waals surface area contributed by atoms with Crippen LogP contribution in [-0.2, 0) is 28.4 Å². The van der Waals surface area contributed by atoms with E-state index in [2.05, 4.69) is 0 Å². The van der Waals surface area contributed by atoms with Crippen molar-refractivity contribution < 1.29 is 52.4 Å². The Morgan fingerprint density at radius 3 is 1.02 bits per heavy atom. The van der Waals surface area contributed by atoms with Crippen molar-refractivity contribution in [2.75, 3.05) is 6.61 Å². The number of rotatable bonds is 11. The minimum Gasteiger partial charge on any atom is -0.459 e. The highest BCUT2D eigenvalue weighted by molar-refractivity contribution is 5.92. The van der Waals surface area contributed by atoms with Crippen molar-refractivity contribution in [3.05, 3.63) is 177 Å². The van der Waals surface area contributed by atoms with E-state index in [-0.39, 0.29) is 27.8 Å². The Kier molecular flexibility index (Phi) is 12.6. The lowest BCUT2D eigenvalue weighted by atomic mass is 9.97. The minimum atomic E-state index is -1.76. The maximum absolute atomic E-state index is 13.9. The number of carbonyl (C=O) groups is 5. The zero-order valence-electron chi connectivity index (χ0n) is 32.1. The van der Waals surface area contributed by atoms with Crippen LogP contribution in [0.15, 0.2) is 121 Å². The van der Waals surface area contributed by atoms with Gasteiger partial charge in [0.05, 0.1) is 27.8 Å².